The van der Waals surface area contributed by atoms with E-state index in [1.165, 1.54) is 161 Å². The normalized spacial score (nSPS) is 13.2. The minimum absolute atomic E-state index is 0.244. The summed E-state index contributed by atoms with van der Waals surface area (Å²) in [6, 6.07) is 106. The number of benzene rings is 12. The summed E-state index contributed by atoms with van der Waals surface area (Å²) in [6.45, 7) is 12.8. The molecule has 0 amide bonds. The van der Waals surface area contributed by atoms with Gasteiger partial charge in [-0.25, -0.2) is 0 Å². The van der Waals surface area contributed by atoms with Crippen LogP contribution in [0.5, 0.6) is 0 Å². The monoisotopic (exact) mass is 1190 g/mol. The molecule has 13 aromatic rings. The van der Waals surface area contributed by atoms with E-state index in [0.29, 0.717) is 0 Å². The first-order chi connectivity index (χ1) is 45.4. The third-order valence-corrected chi connectivity index (χ3v) is 20.4. The molecule has 92 heavy (non-hydrogen) atoms. The van der Waals surface area contributed by atoms with Crippen molar-refractivity contribution in [3.8, 4) is 61.3 Å². The highest BCUT2D eigenvalue weighted by molar-refractivity contribution is 6.12. The van der Waals surface area contributed by atoms with Crippen molar-refractivity contribution in [1.82, 2.24) is 4.57 Å². The van der Waals surface area contributed by atoms with Gasteiger partial charge in [-0.15, -0.1) is 0 Å². The number of hydrogen-bond donors (Lipinski definition) is 0. The molecule has 0 atom stereocenters. The van der Waals surface area contributed by atoms with E-state index in [0.717, 1.165) is 48.2 Å². The molecule has 2 aliphatic carbocycles. The highest BCUT2D eigenvalue weighted by Crippen LogP contribution is 2.60. The fourth-order valence-corrected chi connectivity index (χ4v) is 15.9. The minimum atomic E-state index is -0.561. The van der Waals surface area contributed by atoms with Crippen LogP contribution in [0.4, 0.5) is 17.1 Å². The van der Waals surface area contributed by atoms with Crippen molar-refractivity contribution in [2.75, 3.05) is 4.90 Å². The Morgan fingerprint density at radius 3 is 1.34 bits per heavy atom. The second kappa shape index (κ2) is 24.8. The van der Waals surface area contributed by atoms with Gasteiger partial charge >= 0.3 is 0 Å². The van der Waals surface area contributed by atoms with Gasteiger partial charge in [-0.3, -0.25) is 0 Å². The fraction of sp³-hybridized carbons (Fsp3) is 0.156. The van der Waals surface area contributed by atoms with E-state index in [-0.39, 0.29) is 5.41 Å². The van der Waals surface area contributed by atoms with Gasteiger partial charge in [0.2, 0.25) is 0 Å². The maximum Gasteiger partial charge on any atom is 0.0714 e. The molecular formula is C90H78N2. The second-order valence-electron chi connectivity index (χ2n) is 25.6. The van der Waals surface area contributed by atoms with Crippen LogP contribution >= 0.6 is 0 Å². The summed E-state index contributed by atoms with van der Waals surface area (Å²) in [5.74, 6) is 0. The zero-order valence-electron chi connectivity index (χ0n) is 53.1. The van der Waals surface area contributed by atoms with Gasteiger partial charge in [0.05, 0.1) is 22.1 Å². The minimum Gasteiger partial charge on any atom is -0.310 e. The van der Waals surface area contributed by atoms with E-state index in [4.69, 9.17) is 0 Å². The van der Waals surface area contributed by atoms with E-state index in [1.54, 1.807) is 0 Å². The highest BCUT2D eigenvalue weighted by atomic mass is 15.1. The Kier molecular flexibility index (Phi) is 15.7. The lowest BCUT2D eigenvalue weighted by Gasteiger charge is -2.36. The van der Waals surface area contributed by atoms with E-state index in [9.17, 15) is 0 Å². The molecule has 0 radical (unpaired) electrons. The predicted molar refractivity (Wildman–Crippen MR) is 393 cm³/mol. The van der Waals surface area contributed by atoms with Gasteiger partial charge in [0, 0.05) is 38.8 Å². The second-order valence-corrected chi connectivity index (χ2v) is 25.6. The molecule has 2 nitrogen and oxygen atoms in total. The molecule has 1 heterocycles. The first-order valence-corrected chi connectivity index (χ1v) is 33.6. The van der Waals surface area contributed by atoms with E-state index in [2.05, 4.69) is 316 Å². The van der Waals surface area contributed by atoms with Crippen molar-refractivity contribution < 1.29 is 0 Å². The summed E-state index contributed by atoms with van der Waals surface area (Å²) in [7, 11) is 0. The Labute approximate surface area is 544 Å². The van der Waals surface area contributed by atoms with Crippen LogP contribution in [-0.4, -0.2) is 4.57 Å². The molecule has 0 N–H and O–H groups in total. The van der Waals surface area contributed by atoms with Crippen LogP contribution in [-0.2, 0) is 10.8 Å². The van der Waals surface area contributed by atoms with Crippen LogP contribution in [0.2, 0.25) is 0 Å². The first-order valence-electron chi connectivity index (χ1n) is 33.6. The Bertz CT molecular complexity index is 4690. The quantitative estimate of drug-likeness (QED) is 0.0651. The summed E-state index contributed by atoms with van der Waals surface area (Å²) in [5.41, 5.74) is 28.9. The average Bonchev–Trinajstić information content (AvgIpc) is 1.54. The van der Waals surface area contributed by atoms with Gasteiger partial charge in [-0.1, -0.05) is 303 Å². The summed E-state index contributed by atoms with van der Waals surface area (Å²) in [6.07, 6.45) is 15.6. The molecule has 0 unspecified atom stereocenters. The lowest BCUT2D eigenvalue weighted by molar-refractivity contribution is 0.401. The number of aromatic nitrogens is 1. The zero-order chi connectivity index (χ0) is 62.2. The number of nitrogens with zero attached hydrogens (tertiary/aromatic N) is 2. The smallest absolute Gasteiger partial charge is 0.0714 e. The Morgan fingerprint density at radius 2 is 0.793 bits per heavy atom. The van der Waals surface area contributed by atoms with Crippen molar-refractivity contribution in [1.29, 1.82) is 0 Å². The number of unbranched alkanes of at least 4 members (excludes halogenated alkanes) is 6. The maximum atomic E-state index is 4.04. The molecule has 15 rings (SSSR count). The summed E-state index contributed by atoms with van der Waals surface area (Å²) < 4.78 is 2.56. The van der Waals surface area contributed by atoms with Gasteiger partial charge < -0.3 is 9.47 Å². The molecule has 0 aliphatic heterocycles. The lowest BCUT2D eigenvalue weighted by Crippen LogP contribution is -2.28. The van der Waals surface area contributed by atoms with Crippen LogP contribution in [0.15, 0.2) is 292 Å². The molecular weight excluding hydrogens is 1110 g/mol. The number of fused-ring (bicyclic) bond motifs is 9. The van der Waals surface area contributed by atoms with Crippen molar-refractivity contribution in [2.45, 2.75) is 88.9 Å². The molecule has 0 fully saturated rings. The van der Waals surface area contributed by atoms with Crippen molar-refractivity contribution in [3.63, 3.8) is 0 Å². The van der Waals surface area contributed by atoms with Crippen LogP contribution in [0.3, 0.4) is 0 Å². The molecule has 0 saturated carbocycles. The molecule has 2 heteroatoms. The van der Waals surface area contributed by atoms with Crippen LogP contribution < -0.4 is 4.90 Å². The molecule has 0 bridgehead atoms. The Morgan fingerprint density at radius 1 is 0.348 bits per heavy atom. The van der Waals surface area contributed by atoms with Crippen LogP contribution in [0.1, 0.15) is 123 Å². The van der Waals surface area contributed by atoms with Gasteiger partial charge in [-0.05, 0) is 174 Å². The van der Waals surface area contributed by atoms with E-state index >= 15 is 0 Å². The van der Waals surface area contributed by atoms with Crippen molar-refractivity contribution in [2.24, 2.45) is 0 Å². The predicted octanol–water partition coefficient (Wildman–Crippen LogP) is 25.1. The van der Waals surface area contributed by atoms with Gasteiger partial charge in [-0.2, -0.15) is 0 Å². The molecule has 448 valence electrons. The number of rotatable bonds is 21. The van der Waals surface area contributed by atoms with Gasteiger partial charge in [0.1, 0.15) is 0 Å². The summed E-state index contributed by atoms with van der Waals surface area (Å²) in [4.78, 5) is 2.60. The average molecular weight is 1190 g/mol. The van der Waals surface area contributed by atoms with E-state index < -0.39 is 5.41 Å². The summed E-state index contributed by atoms with van der Waals surface area (Å²) >= 11 is 0. The standard InChI is InChI=1S/C90H78N2/c1-5-9-11-26-56-89(57-27-12-10-6-2)83-60-72(91(86-37-25-23-34-75(86)67-28-16-13-17-29-67)73-49-53-79-76-35-22-24-36-82(76)90(85(79)62-73,70-30-18-14-19-31-70)71-32-20-15-21-33-71)48-51-77(83)78-52-50-74(61-84(78)89)92-87-54-46-68(65-42-38-63(7-3)39-43-65)58-80(87)81-59-69(47-55-88(81)92)66-44-40-64(8-4)41-45-66/h7-8,13-25,28-55,58-62H,3-6,9-12,26-27,56-57H2,1-2H3. The molecule has 12 aromatic carbocycles. The summed E-state index contributed by atoms with van der Waals surface area (Å²) in [5, 5.41) is 2.48. The highest BCUT2D eigenvalue weighted by Gasteiger charge is 2.47. The zero-order valence-corrected chi connectivity index (χ0v) is 53.1. The van der Waals surface area contributed by atoms with Gasteiger partial charge in [0.15, 0.2) is 0 Å². The fourth-order valence-electron chi connectivity index (χ4n) is 15.9. The first kappa shape index (κ1) is 58.1. The Balaban J connectivity index is 0.944. The molecule has 0 spiro atoms. The molecule has 1 aromatic heterocycles. The van der Waals surface area contributed by atoms with Crippen molar-refractivity contribution >= 4 is 51.0 Å². The third kappa shape index (κ3) is 9.96. The number of para-hydroxylation sites is 1. The molecule has 0 saturated heterocycles. The number of anilines is 3. The van der Waals surface area contributed by atoms with Gasteiger partial charge in [0.25, 0.3) is 0 Å². The Hall–Kier alpha value is -10.3. The van der Waals surface area contributed by atoms with E-state index in [1.807, 2.05) is 12.2 Å². The SMILES string of the molecule is C=Cc1ccc(-c2ccc3c(c2)c2cc(-c4ccc(C=C)cc4)ccc2n3-c2ccc3c(c2)C(CCCCCC)(CCCCCC)c2cc(N(c4ccc5c(c4)C(c4ccccc4)(c4ccccc4)c4ccccc4-5)c4ccccc4-c4ccccc4)ccc2-3)cc1. The van der Waals surface area contributed by atoms with Crippen LogP contribution in [0.25, 0.3) is 95.3 Å². The topological polar surface area (TPSA) is 8.17 Å². The van der Waals surface area contributed by atoms with Crippen molar-refractivity contribution in [3.05, 3.63) is 337 Å². The maximum absolute atomic E-state index is 4.04. The third-order valence-electron chi connectivity index (χ3n) is 20.4. The lowest BCUT2D eigenvalue weighted by atomic mass is 9.67. The number of hydrogen-bond acceptors (Lipinski definition) is 1. The van der Waals surface area contributed by atoms with Crippen LogP contribution in [0, 0.1) is 0 Å². The largest absolute Gasteiger partial charge is 0.310 e. The molecule has 2 aliphatic rings.